The number of para-hydroxylation sites is 1. The molecule has 5 rings (SSSR count). The van der Waals surface area contributed by atoms with E-state index in [9.17, 15) is 0 Å². The van der Waals surface area contributed by atoms with Crippen LogP contribution in [0.25, 0.3) is 33.3 Å². The van der Waals surface area contributed by atoms with E-state index in [1.807, 2.05) is 35.4 Å². The number of fused-ring (bicyclic) bond motifs is 3. The number of aromatic nitrogens is 4. The van der Waals surface area contributed by atoms with Gasteiger partial charge in [-0.3, -0.25) is 4.57 Å². The third-order valence-electron chi connectivity index (χ3n) is 4.33. The van der Waals surface area contributed by atoms with E-state index in [1.54, 1.807) is 6.20 Å². The van der Waals surface area contributed by atoms with Crippen LogP contribution >= 0.6 is 0 Å². The molecule has 0 saturated heterocycles. The first kappa shape index (κ1) is 13.1. The second-order valence-corrected chi connectivity index (χ2v) is 5.72. The highest BCUT2D eigenvalue weighted by atomic mass is 15.1. The maximum Gasteiger partial charge on any atom is 0.145 e. The predicted octanol–water partition coefficient (Wildman–Crippen LogP) is 4.36. The lowest BCUT2D eigenvalue weighted by atomic mass is 10.2. The summed E-state index contributed by atoms with van der Waals surface area (Å²) in [5.74, 6) is 0. The Bertz CT molecular complexity index is 1140. The maximum absolute atomic E-state index is 4.63. The van der Waals surface area contributed by atoms with Crippen LogP contribution in [-0.2, 0) is 0 Å². The molecule has 5 aromatic rings. The van der Waals surface area contributed by atoms with Crippen LogP contribution in [-0.4, -0.2) is 19.1 Å². The first-order valence-electron chi connectivity index (χ1n) is 7.85. The van der Waals surface area contributed by atoms with Gasteiger partial charge < -0.3 is 4.57 Å². The Morgan fingerprint density at radius 2 is 1.67 bits per heavy atom. The molecule has 0 unspecified atom stereocenters. The largest absolute Gasteiger partial charge is 0.306 e. The molecule has 0 atom stereocenters. The van der Waals surface area contributed by atoms with Gasteiger partial charge >= 0.3 is 0 Å². The van der Waals surface area contributed by atoms with Crippen molar-refractivity contribution in [3.8, 4) is 11.4 Å². The van der Waals surface area contributed by atoms with Crippen molar-refractivity contribution in [2.75, 3.05) is 0 Å². The molecule has 0 aliphatic heterocycles. The molecule has 4 nitrogen and oxygen atoms in total. The fraction of sp³-hybridized carbons (Fsp3) is 0. The molecule has 0 aliphatic carbocycles. The van der Waals surface area contributed by atoms with E-state index in [4.69, 9.17) is 0 Å². The summed E-state index contributed by atoms with van der Waals surface area (Å²) in [6.45, 7) is 0. The highest BCUT2D eigenvalue weighted by molar-refractivity contribution is 6.08. The lowest BCUT2D eigenvalue weighted by Gasteiger charge is -2.07. The Labute approximate surface area is 138 Å². The zero-order valence-electron chi connectivity index (χ0n) is 12.9. The third kappa shape index (κ3) is 1.86. The van der Waals surface area contributed by atoms with E-state index in [0.29, 0.717) is 0 Å². The van der Waals surface area contributed by atoms with Crippen LogP contribution in [0.1, 0.15) is 0 Å². The summed E-state index contributed by atoms with van der Waals surface area (Å²) < 4.78 is 4.23. The van der Waals surface area contributed by atoms with Gasteiger partial charge in [-0.05, 0) is 42.5 Å². The molecule has 0 amide bonds. The monoisotopic (exact) mass is 310 g/mol. The minimum absolute atomic E-state index is 0.974. The van der Waals surface area contributed by atoms with Crippen molar-refractivity contribution in [1.29, 1.82) is 0 Å². The molecule has 2 aromatic carbocycles. The van der Waals surface area contributed by atoms with E-state index in [2.05, 4.69) is 63.1 Å². The van der Waals surface area contributed by atoms with Crippen molar-refractivity contribution < 1.29 is 0 Å². The molecule has 0 saturated carbocycles. The van der Waals surface area contributed by atoms with Crippen molar-refractivity contribution in [1.82, 2.24) is 19.1 Å². The Balaban J connectivity index is 1.89. The summed E-state index contributed by atoms with van der Waals surface area (Å²) in [6, 6.07) is 20.9. The minimum Gasteiger partial charge on any atom is -0.306 e. The molecule has 0 aliphatic rings. The van der Waals surface area contributed by atoms with Gasteiger partial charge in [0.1, 0.15) is 5.65 Å². The van der Waals surface area contributed by atoms with Crippen LogP contribution < -0.4 is 0 Å². The number of rotatable bonds is 2. The van der Waals surface area contributed by atoms with Crippen molar-refractivity contribution in [3.63, 3.8) is 0 Å². The molecule has 114 valence electrons. The SMILES string of the molecule is c1ccc(-n2c3ccc(-n4ccnc4)cc3c3cccnc32)cc1. The summed E-state index contributed by atoms with van der Waals surface area (Å²) in [5, 5.41) is 2.34. The summed E-state index contributed by atoms with van der Waals surface area (Å²) in [7, 11) is 0. The second kappa shape index (κ2) is 5.06. The van der Waals surface area contributed by atoms with Gasteiger partial charge in [0, 0.05) is 40.7 Å². The van der Waals surface area contributed by atoms with Crippen LogP contribution in [0.15, 0.2) is 85.6 Å². The van der Waals surface area contributed by atoms with E-state index in [0.717, 1.165) is 27.9 Å². The van der Waals surface area contributed by atoms with Gasteiger partial charge in [-0.2, -0.15) is 0 Å². The predicted molar refractivity (Wildman–Crippen MR) is 95.7 cm³/mol. The minimum atomic E-state index is 0.974. The first-order chi connectivity index (χ1) is 11.9. The number of nitrogens with zero attached hydrogens (tertiary/aromatic N) is 4. The molecule has 0 N–H and O–H groups in total. The zero-order valence-corrected chi connectivity index (χ0v) is 12.9. The van der Waals surface area contributed by atoms with Gasteiger partial charge in [-0.15, -0.1) is 0 Å². The van der Waals surface area contributed by atoms with Gasteiger partial charge in [-0.1, -0.05) is 18.2 Å². The highest BCUT2D eigenvalue weighted by Gasteiger charge is 2.13. The second-order valence-electron chi connectivity index (χ2n) is 5.72. The Hall–Kier alpha value is -3.40. The Morgan fingerprint density at radius 1 is 0.750 bits per heavy atom. The van der Waals surface area contributed by atoms with Crippen LogP contribution in [0.3, 0.4) is 0 Å². The van der Waals surface area contributed by atoms with E-state index in [1.165, 1.54) is 5.39 Å². The number of hydrogen-bond donors (Lipinski definition) is 0. The number of hydrogen-bond acceptors (Lipinski definition) is 2. The van der Waals surface area contributed by atoms with Crippen LogP contribution in [0.2, 0.25) is 0 Å². The maximum atomic E-state index is 4.63. The zero-order chi connectivity index (χ0) is 15.9. The molecule has 0 radical (unpaired) electrons. The molecule has 3 aromatic heterocycles. The van der Waals surface area contributed by atoms with Gasteiger partial charge in [0.25, 0.3) is 0 Å². The topological polar surface area (TPSA) is 35.6 Å². The Kier molecular flexibility index (Phi) is 2.76. The fourth-order valence-electron chi connectivity index (χ4n) is 3.25. The quantitative estimate of drug-likeness (QED) is 0.485. The molecule has 3 heterocycles. The van der Waals surface area contributed by atoms with Crippen LogP contribution in [0.4, 0.5) is 0 Å². The molecular weight excluding hydrogens is 296 g/mol. The lowest BCUT2D eigenvalue weighted by molar-refractivity contribution is 1.06. The summed E-state index contributed by atoms with van der Waals surface area (Å²) >= 11 is 0. The molecule has 0 fully saturated rings. The van der Waals surface area contributed by atoms with E-state index >= 15 is 0 Å². The standard InChI is InChI=1S/C20H14N4/c1-2-5-15(6-3-1)24-19-9-8-16(23-12-11-21-14-23)13-18(19)17-7-4-10-22-20(17)24/h1-14H. The average molecular weight is 310 g/mol. The summed E-state index contributed by atoms with van der Waals surface area (Å²) in [5.41, 5.74) is 4.34. The van der Waals surface area contributed by atoms with Crippen molar-refractivity contribution in [2.45, 2.75) is 0 Å². The van der Waals surface area contributed by atoms with E-state index in [-0.39, 0.29) is 0 Å². The smallest absolute Gasteiger partial charge is 0.145 e. The lowest BCUT2D eigenvalue weighted by Crippen LogP contribution is -1.95. The molecule has 0 spiro atoms. The van der Waals surface area contributed by atoms with Crippen LogP contribution in [0, 0.1) is 0 Å². The molecule has 4 heteroatoms. The normalized spacial score (nSPS) is 11.3. The van der Waals surface area contributed by atoms with Crippen molar-refractivity contribution in [3.05, 3.63) is 85.6 Å². The van der Waals surface area contributed by atoms with Gasteiger partial charge in [0.05, 0.1) is 11.8 Å². The summed E-state index contributed by atoms with van der Waals surface area (Å²) in [6.07, 6.45) is 7.40. The van der Waals surface area contributed by atoms with Crippen LogP contribution in [0.5, 0.6) is 0 Å². The molecule has 0 bridgehead atoms. The fourth-order valence-corrected chi connectivity index (χ4v) is 3.25. The third-order valence-corrected chi connectivity index (χ3v) is 4.33. The number of benzene rings is 2. The molecule has 24 heavy (non-hydrogen) atoms. The highest BCUT2D eigenvalue weighted by Crippen LogP contribution is 2.31. The van der Waals surface area contributed by atoms with Gasteiger partial charge in [-0.25, -0.2) is 9.97 Å². The molecular formula is C20H14N4. The van der Waals surface area contributed by atoms with E-state index < -0.39 is 0 Å². The first-order valence-corrected chi connectivity index (χ1v) is 7.85. The van der Waals surface area contributed by atoms with Crippen molar-refractivity contribution >= 4 is 21.9 Å². The number of pyridine rings is 1. The van der Waals surface area contributed by atoms with Gasteiger partial charge in [0.2, 0.25) is 0 Å². The van der Waals surface area contributed by atoms with Crippen molar-refractivity contribution in [2.24, 2.45) is 0 Å². The average Bonchev–Trinajstić information content (AvgIpc) is 3.28. The Morgan fingerprint density at radius 3 is 2.50 bits per heavy atom. The van der Waals surface area contributed by atoms with Gasteiger partial charge in [0.15, 0.2) is 0 Å². The number of imidazole rings is 1. The summed E-state index contributed by atoms with van der Waals surface area (Å²) in [4.78, 5) is 8.77.